The summed E-state index contributed by atoms with van der Waals surface area (Å²) in [7, 11) is 0. The lowest BCUT2D eigenvalue weighted by atomic mass is 10.1. The molecule has 6 aromatic rings. The molecule has 0 N–H and O–H groups in total. The van der Waals surface area contributed by atoms with Crippen LogP contribution >= 0.6 is 0 Å². The Morgan fingerprint density at radius 3 is 1.08 bits per heavy atom. The first-order valence-corrected chi connectivity index (χ1v) is 11.5. The van der Waals surface area contributed by atoms with E-state index in [2.05, 4.69) is 29.9 Å². The fourth-order valence-corrected chi connectivity index (χ4v) is 3.91. The number of aromatic nitrogens is 6. The molecule has 6 heteroatoms. The molecule has 6 rings (SSSR count). The molecule has 36 heavy (non-hydrogen) atoms. The van der Waals surface area contributed by atoms with Crippen molar-refractivity contribution >= 4 is 0 Å². The minimum absolute atomic E-state index is 0.855. The molecule has 6 aromatic heterocycles. The summed E-state index contributed by atoms with van der Waals surface area (Å²) in [5.74, 6) is 0. The topological polar surface area (TPSA) is 77.3 Å². The van der Waals surface area contributed by atoms with Crippen molar-refractivity contribution in [3.8, 4) is 56.3 Å². The van der Waals surface area contributed by atoms with Gasteiger partial charge in [0.1, 0.15) is 0 Å². The SMILES string of the molecule is c1ccc(-c2ccc(-c3ccc(-c4ccc(-c5ccc(-c6cccnc6)nc5)nc4)nc3)nc2)nc1. The molecule has 0 unspecified atom stereocenters. The van der Waals surface area contributed by atoms with Crippen molar-refractivity contribution in [2.75, 3.05) is 0 Å². The second-order valence-electron chi connectivity index (χ2n) is 8.19. The standard InChI is InChI=1S/C30H20N6/c1-2-15-32-26(5-1)22-6-11-28(34-17-22)24-8-13-30(36-19-24)25-9-12-29(35-20-25)23-7-10-27(33-18-23)21-4-3-14-31-16-21/h1-20H. The molecule has 0 saturated heterocycles. The predicted molar refractivity (Wildman–Crippen MR) is 140 cm³/mol. The van der Waals surface area contributed by atoms with Gasteiger partial charge in [0.2, 0.25) is 0 Å². The molecule has 170 valence electrons. The highest BCUT2D eigenvalue weighted by molar-refractivity contribution is 5.69. The lowest BCUT2D eigenvalue weighted by Crippen LogP contribution is -1.91. The highest BCUT2D eigenvalue weighted by atomic mass is 14.7. The van der Waals surface area contributed by atoms with E-state index in [0.29, 0.717) is 0 Å². The monoisotopic (exact) mass is 464 g/mol. The van der Waals surface area contributed by atoms with Crippen LogP contribution in [0.2, 0.25) is 0 Å². The normalized spacial score (nSPS) is 10.8. The van der Waals surface area contributed by atoms with Crippen molar-refractivity contribution in [3.05, 3.63) is 122 Å². The molecule has 0 fully saturated rings. The van der Waals surface area contributed by atoms with E-state index in [0.717, 1.165) is 56.3 Å². The highest BCUT2D eigenvalue weighted by Crippen LogP contribution is 2.25. The zero-order chi connectivity index (χ0) is 24.2. The molecule has 6 nitrogen and oxygen atoms in total. The molecular formula is C30H20N6. The first kappa shape index (κ1) is 21.4. The van der Waals surface area contributed by atoms with Crippen LogP contribution in [-0.2, 0) is 0 Å². The van der Waals surface area contributed by atoms with Gasteiger partial charge >= 0.3 is 0 Å². The third-order valence-corrected chi connectivity index (χ3v) is 5.86. The van der Waals surface area contributed by atoms with Gasteiger partial charge in [0.05, 0.1) is 28.5 Å². The summed E-state index contributed by atoms with van der Waals surface area (Å²) in [6.45, 7) is 0. The van der Waals surface area contributed by atoms with Gasteiger partial charge in [-0.3, -0.25) is 29.9 Å². The Hall–Kier alpha value is -5.10. The molecule has 0 amide bonds. The second kappa shape index (κ2) is 9.64. The number of nitrogens with zero attached hydrogens (tertiary/aromatic N) is 6. The third kappa shape index (κ3) is 4.48. The van der Waals surface area contributed by atoms with Crippen LogP contribution in [0.4, 0.5) is 0 Å². The summed E-state index contributed by atoms with van der Waals surface area (Å²) in [6.07, 6.45) is 12.7. The van der Waals surface area contributed by atoms with Crippen LogP contribution < -0.4 is 0 Å². The molecule has 0 aliphatic heterocycles. The zero-order valence-electron chi connectivity index (χ0n) is 19.2. The van der Waals surface area contributed by atoms with E-state index in [1.807, 2.05) is 104 Å². The third-order valence-electron chi connectivity index (χ3n) is 5.86. The number of hydrogen-bond acceptors (Lipinski definition) is 6. The largest absolute Gasteiger partial charge is 0.264 e. The van der Waals surface area contributed by atoms with Crippen molar-refractivity contribution in [2.24, 2.45) is 0 Å². The molecule has 0 spiro atoms. The summed E-state index contributed by atoms with van der Waals surface area (Å²) in [6, 6.07) is 25.8. The van der Waals surface area contributed by atoms with E-state index in [4.69, 9.17) is 0 Å². The van der Waals surface area contributed by atoms with Crippen molar-refractivity contribution < 1.29 is 0 Å². The average molecular weight is 465 g/mol. The first-order chi connectivity index (χ1) is 17.8. The number of pyridine rings is 6. The summed E-state index contributed by atoms with van der Waals surface area (Å²) in [5, 5.41) is 0. The van der Waals surface area contributed by atoms with Crippen LogP contribution in [-0.4, -0.2) is 29.9 Å². The van der Waals surface area contributed by atoms with E-state index < -0.39 is 0 Å². The van der Waals surface area contributed by atoms with Crippen molar-refractivity contribution in [1.82, 2.24) is 29.9 Å². The minimum Gasteiger partial charge on any atom is -0.264 e. The van der Waals surface area contributed by atoms with Crippen molar-refractivity contribution in [1.29, 1.82) is 0 Å². The Bertz CT molecular complexity index is 1440. The van der Waals surface area contributed by atoms with Gasteiger partial charge in [-0.15, -0.1) is 0 Å². The quantitative estimate of drug-likeness (QED) is 0.294. The van der Waals surface area contributed by atoms with Crippen LogP contribution in [0, 0.1) is 0 Å². The van der Waals surface area contributed by atoms with Crippen LogP contribution in [0.1, 0.15) is 0 Å². The lowest BCUT2D eigenvalue weighted by Gasteiger charge is -2.06. The Morgan fingerprint density at radius 1 is 0.306 bits per heavy atom. The first-order valence-electron chi connectivity index (χ1n) is 11.5. The summed E-state index contributed by atoms with van der Waals surface area (Å²) in [5.41, 5.74) is 9.19. The summed E-state index contributed by atoms with van der Waals surface area (Å²) in [4.78, 5) is 27.0. The molecule has 0 aliphatic carbocycles. The maximum Gasteiger partial charge on any atom is 0.0717 e. The maximum absolute atomic E-state index is 4.64. The van der Waals surface area contributed by atoms with E-state index in [-0.39, 0.29) is 0 Å². The van der Waals surface area contributed by atoms with Gasteiger partial charge in [0.25, 0.3) is 0 Å². The Kier molecular flexibility index (Phi) is 5.74. The minimum atomic E-state index is 0.855. The van der Waals surface area contributed by atoms with Crippen LogP contribution in [0.15, 0.2) is 122 Å². The van der Waals surface area contributed by atoms with Gasteiger partial charge in [-0.25, -0.2) is 0 Å². The van der Waals surface area contributed by atoms with Gasteiger partial charge in [-0.05, 0) is 72.8 Å². The van der Waals surface area contributed by atoms with E-state index >= 15 is 0 Å². The van der Waals surface area contributed by atoms with Crippen LogP contribution in [0.25, 0.3) is 56.3 Å². The smallest absolute Gasteiger partial charge is 0.0717 e. The number of rotatable bonds is 5. The predicted octanol–water partition coefficient (Wildman–Crippen LogP) is 6.39. The van der Waals surface area contributed by atoms with Gasteiger partial charge in [-0.2, -0.15) is 0 Å². The van der Waals surface area contributed by atoms with E-state index in [1.165, 1.54) is 0 Å². The molecule has 0 atom stereocenters. The van der Waals surface area contributed by atoms with Crippen LogP contribution in [0.3, 0.4) is 0 Å². The molecule has 0 radical (unpaired) electrons. The second-order valence-corrected chi connectivity index (χ2v) is 8.19. The fraction of sp³-hybridized carbons (Fsp3) is 0. The molecule has 6 heterocycles. The Labute approximate surface area is 208 Å². The lowest BCUT2D eigenvalue weighted by molar-refractivity contribution is 1.24. The van der Waals surface area contributed by atoms with Gasteiger partial charge in [-0.1, -0.05) is 6.07 Å². The highest BCUT2D eigenvalue weighted by Gasteiger charge is 2.07. The molecule has 0 bridgehead atoms. The van der Waals surface area contributed by atoms with E-state index in [1.54, 1.807) is 18.6 Å². The average Bonchev–Trinajstić information content (AvgIpc) is 2.98. The van der Waals surface area contributed by atoms with Crippen LogP contribution in [0.5, 0.6) is 0 Å². The molecule has 0 aliphatic rings. The summed E-state index contributed by atoms with van der Waals surface area (Å²) >= 11 is 0. The van der Waals surface area contributed by atoms with Crippen molar-refractivity contribution in [2.45, 2.75) is 0 Å². The molecule has 0 saturated carbocycles. The zero-order valence-corrected chi connectivity index (χ0v) is 19.2. The Morgan fingerprint density at radius 2 is 0.750 bits per heavy atom. The van der Waals surface area contributed by atoms with Gasteiger partial charge in [0, 0.05) is 71.2 Å². The number of hydrogen-bond donors (Lipinski definition) is 0. The van der Waals surface area contributed by atoms with Crippen molar-refractivity contribution in [3.63, 3.8) is 0 Å². The molecular weight excluding hydrogens is 444 g/mol. The van der Waals surface area contributed by atoms with Gasteiger partial charge < -0.3 is 0 Å². The summed E-state index contributed by atoms with van der Waals surface area (Å²) < 4.78 is 0. The van der Waals surface area contributed by atoms with Gasteiger partial charge in [0.15, 0.2) is 0 Å². The fourth-order valence-electron chi connectivity index (χ4n) is 3.91. The van der Waals surface area contributed by atoms with E-state index in [9.17, 15) is 0 Å². The molecule has 0 aromatic carbocycles. The maximum atomic E-state index is 4.64. The Balaban J connectivity index is 1.17.